The number of nitrogens with zero attached hydrogens (tertiary/aromatic N) is 3. The number of hydrogen-bond acceptors (Lipinski definition) is 5. The molecule has 7 nitrogen and oxygen atoms in total. The molecule has 3 rings (SSSR count). The second-order valence-corrected chi connectivity index (χ2v) is 6.50. The molecule has 25 heavy (non-hydrogen) atoms. The van der Waals surface area contributed by atoms with Crippen molar-refractivity contribution < 1.29 is 9.59 Å². The highest BCUT2D eigenvalue weighted by Gasteiger charge is 2.32. The topological polar surface area (TPSA) is 77.0 Å². The summed E-state index contributed by atoms with van der Waals surface area (Å²) >= 11 is 0. The standard InChI is InChI=1S/C18H25N5O2/c1-3-22-8-10-23(11-9-22)18-20-15(17(25)21-18)12-16(24)19-14-6-4-13(2)5-7-14/h4-7,15H,3,8-12H2,1-2H3,(H,19,24)(H,20,21,25)/t15-/m0/s1. The summed E-state index contributed by atoms with van der Waals surface area (Å²) in [6.07, 6.45) is 0.0537. The van der Waals surface area contributed by atoms with E-state index in [0.29, 0.717) is 5.96 Å². The van der Waals surface area contributed by atoms with E-state index in [1.165, 1.54) is 0 Å². The number of guanidine groups is 1. The normalized spacial score (nSPS) is 21.0. The first-order chi connectivity index (χ1) is 12.0. The third kappa shape index (κ3) is 4.36. The van der Waals surface area contributed by atoms with Crippen LogP contribution in [0.3, 0.4) is 0 Å². The van der Waals surface area contributed by atoms with Gasteiger partial charge in [-0.05, 0) is 25.6 Å². The Morgan fingerprint density at radius 3 is 2.56 bits per heavy atom. The number of piperazine rings is 1. The monoisotopic (exact) mass is 343 g/mol. The fourth-order valence-corrected chi connectivity index (χ4v) is 3.03. The van der Waals surface area contributed by atoms with Crippen LogP contribution in [0.5, 0.6) is 0 Å². The lowest BCUT2D eigenvalue weighted by Gasteiger charge is -2.34. The molecule has 0 saturated carbocycles. The van der Waals surface area contributed by atoms with Crippen LogP contribution in [-0.4, -0.2) is 66.3 Å². The Kier molecular flexibility index (Phi) is 5.33. The molecule has 7 heteroatoms. The van der Waals surface area contributed by atoms with Crippen LogP contribution in [0, 0.1) is 6.92 Å². The summed E-state index contributed by atoms with van der Waals surface area (Å²) in [4.78, 5) is 33.2. The second-order valence-electron chi connectivity index (χ2n) is 6.50. The van der Waals surface area contributed by atoms with Crippen molar-refractivity contribution in [1.29, 1.82) is 0 Å². The van der Waals surface area contributed by atoms with E-state index in [1.807, 2.05) is 31.2 Å². The number of carbonyl (C=O) groups is 2. The predicted molar refractivity (Wildman–Crippen MR) is 97.5 cm³/mol. The van der Waals surface area contributed by atoms with Crippen molar-refractivity contribution in [1.82, 2.24) is 15.1 Å². The molecule has 0 aliphatic carbocycles. The van der Waals surface area contributed by atoms with Crippen LogP contribution >= 0.6 is 0 Å². The van der Waals surface area contributed by atoms with Gasteiger partial charge in [-0.25, -0.2) is 4.99 Å². The van der Waals surface area contributed by atoms with Crippen molar-refractivity contribution in [2.45, 2.75) is 26.3 Å². The minimum atomic E-state index is -0.648. The Labute approximate surface area is 148 Å². The number of nitrogens with one attached hydrogen (secondary N) is 2. The smallest absolute Gasteiger partial charge is 0.252 e. The summed E-state index contributed by atoms with van der Waals surface area (Å²) in [6, 6.07) is 6.92. The molecule has 1 aromatic carbocycles. The zero-order chi connectivity index (χ0) is 17.8. The van der Waals surface area contributed by atoms with Crippen LogP contribution in [0.2, 0.25) is 0 Å². The lowest BCUT2D eigenvalue weighted by atomic mass is 10.2. The number of rotatable bonds is 4. The first-order valence-corrected chi connectivity index (χ1v) is 8.77. The maximum atomic E-state index is 12.2. The van der Waals surface area contributed by atoms with Gasteiger partial charge in [0, 0.05) is 31.9 Å². The van der Waals surface area contributed by atoms with Crippen LogP contribution in [0.25, 0.3) is 0 Å². The van der Waals surface area contributed by atoms with Crippen molar-refractivity contribution in [3.63, 3.8) is 0 Å². The largest absolute Gasteiger partial charge is 0.340 e. The number of anilines is 1. The fourth-order valence-electron chi connectivity index (χ4n) is 3.03. The first kappa shape index (κ1) is 17.4. The highest BCUT2D eigenvalue weighted by atomic mass is 16.2. The van der Waals surface area contributed by atoms with Crippen LogP contribution in [0.4, 0.5) is 5.69 Å². The quantitative estimate of drug-likeness (QED) is 0.848. The SMILES string of the molecule is CCN1CCN(C2=N[C@@H](CC(=O)Nc3ccc(C)cc3)C(=O)N2)CC1. The summed E-state index contributed by atoms with van der Waals surface area (Å²) in [5, 5.41) is 5.64. The molecule has 1 saturated heterocycles. The van der Waals surface area contributed by atoms with E-state index in [9.17, 15) is 9.59 Å². The molecule has 0 bridgehead atoms. The van der Waals surface area contributed by atoms with Gasteiger partial charge >= 0.3 is 0 Å². The van der Waals surface area contributed by atoms with Gasteiger partial charge in [-0.3, -0.25) is 14.9 Å². The molecule has 0 aromatic heterocycles. The average molecular weight is 343 g/mol. The Hall–Kier alpha value is -2.41. The van der Waals surface area contributed by atoms with E-state index in [2.05, 4.69) is 32.3 Å². The lowest BCUT2D eigenvalue weighted by Crippen LogP contribution is -2.51. The number of aliphatic imine (C=N–C) groups is 1. The summed E-state index contributed by atoms with van der Waals surface area (Å²) in [5.41, 5.74) is 1.86. The van der Waals surface area contributed by atoms with E-state index in [1.54, 1.807) is 0 Å². The molecule has 2 N–H and O–H groups in total. The molecule has 2 amide bonds. The molecule has 1 atom stereocenters. The number of benzene rings is 1. The predicted octanol–water partition coefficient (Wildman–Crippen LogP) is 0.816. The Balaban J connectivity index is 1.55. The lowest BCUT2D eigenvalue weighted by molar-refractivity contribution is -0.124. The van der Waals surface area contributed by atoms with Crippen LogP contribution in [0.1, 0.15) is 18.9 Å². The molecular weight excluding hydrogens is 318 g/mol. The van der Waals surface area contributed by atoms with Gasteiger partial charge in [-0.15, -0.1) is 0 Å². The Morgan fingerprint density at radius 1 is 1.24 bits per heavy atom. The molecule has 0 radical (unpaired) electrons. The minimum absolute atomic E-state index is 0.0537. The second kappa shape index (κ2) is 7.65. The van der Waals surface area contributed by atoms with E-state index in [-0.39, 0.29) is 18.2 Å². The third-order valence-corrected chi connectivity index (χ3v) is 4.65. The van der Waals surface area contributed by atoms with Crippen molar-refractivity contribution in [3.8, 4) is 0 Å². The van der Waals surface area contributed by atoms with Crippen molar-refractivity contribution >= 4 is 23.5 Å². The third-order valence-electron chi connectivity index (χ3n) is 4.65. The van der Waals surface area contributed by atoms with Gasteiger partial charge in [-0.1, -0.05) is 24.6 Å². The molecule has 134 valence electrons. The van der Waals surface area contributed by atoms with E-state index >= 15 is 0 Å². The molecule has 2 aliphatic heterocycles. The maximum absolute atomic E-state index is 12.2. The molecular formula is C18H25N5O2. The molecule has 2 heterocycles. The highest BCUT2D eigenvalue weighted by Crippen LogP contribution is 2.13. The zero-order valence-electron chi connectivity index (χ0n) is 14.8. The first-order valence-electron chi connectivity index (χ1n) is 8.77. The number of likely N-dealkylation sites (N-methyl/N-ethyl adjacent to an activating group) is 1. The van der Waals surface area contributed by atoms with Crippen LogP contribution < -0.4 is 10.6 Å². The van der Waals surface area contributed by atoms with Crippen LogP contribution in [0.15, 0.2) is 29.3 Å². The Bertz CT molecular complexity index is 663. The average Bonchev–Trinajstić information content (AvgIpc) is 2.97. The zero-order valence-corrected chi connectivity index (χ0v) is 14.8. The molecule has 2 aliphatic rings. The Morgan fingerprint density at radius 2 is 1.92 bits per heavy atom. The van der Waals surface area contributed by atoms with Gasteiger partial charge < -0.3 is 15.1 Å². The molecule has 0 unspecified atom stereocenters. The van der Waals surface area contributed by atoms with Gasteiger partial charge in [-0.2, -0.15) is 0 Å². The molecule has 0 spiro atoms. The van der Waals surface area contributed by atoms with Gasteiger partial charge in [0.05, 0.1) is 6.42 Å². The van der Waals surface area contributed by atoms with Gasteiger partial charge in [0.1, 0.15) is 6.04 Å². The van der Waals surface area contributed by atoms with Crippen molar-refractivity contribution in [2.75, 3.05) is 38.0 Å². The summed E-state index contributed by atoms with van der Waals surface area (Å²) in [7, 11) is 0. The molecule has 1 aromatic rings. The highest BCUT2D eigenvalue weighted by molar-refractivity contribution is 6.07. The number of carbonyl (C=O) groups excluding carboxylic acids is 2. The number of hydrogen-bond donors (Lipinski definition) is 2. The summed E-state index contributed by atoms with van der Waals surface area (Å²) < 4.78 is 0. The molecule has 1 fully saturated rings. The number of aryl methyl sites for hydroxylation is 1. The number of amides is 2. The van der Waals surface area contributed by atoms with Gasteiger partial charge in [0.15, 0.2) is 0 Å². The summed E-state index contributed by atoms with van der Waals surface area (Å²) in [6.45, 7) is 8.78. The maximum Gasteiger partial charge on any atom is 0.252 e. The van der Waals surface area contributed by atoms with Gasteiger partial charge in [0.2, 0.25) is 11.9 Å². The summed E-state index contributed by atoms with van der Waals surface area (Å²) in [5.74, 6) is 0.200. The van der Waals surface area contributed by atoms with Gasteiger partial charge in [0.25, 0.3) is 5.91 Å². The van der Waals surface area contributed by atoms with E-state index in [0.717, 1.165) is 44.0 Å². The van der Waals surface area contributed by atoms with E-state index in [4.69, 9.17) is 0 Å². The fraction of sp³-hybridized carbons (Fsp3) is 0.500. The minimum Gasteiger partial charge on any atom is -0.340 e. The van der Waals surface area contributed by atoms with Crippen LogP contribution in [-0.2, 0) is 9.59 Å². The van der Waals surface area contributed by atoms with Crippen molar-refractivity contribution in [3.05, 3.63) is 29.8 Å². The van der Waals surface area contributed by atoms with Crippen molar-refractivity contribution in [2.24, 2.45) is 4.99 Å². The van der Waals surface area contributed by atoms with E-state index < -0.39 is 6.04 Å².